The van der Waals surface area contributed by atoms with E-state index in [2.05, 4.69) is 5.10 Å². The Bertz CT molecular complexity index is 642. The third-order valence-electron chi connectivity index (χ3n) is 3.60. The molecule has 0 bridgehead atoms. The van der Waals surface area contributed by atoms with Gasteiger partial charge in [0.05, 0.1) is 11.1 Å². The molecule has 1 aromatic carbocycles. The van der Waals surface area contributed by atoms with Crippen LogP contribution in [-0.4, -0.2) is 28.1 Å². The maximum atomic E-state index is 10.4. The van der Waals surface area contributed by atoms with Gasteiger partial charge in [-0.3, -0.25) is 4.68 Å². The number of rotatable bonds is 4. The minimum absolute atomic E-state index is 0.474. The number of fused-ring (bicyclic) bond motifs is 1. The van der Waals surface area contributed by atoms with Crippen LogP contribution in [0.3, 0.4) is 0 Å². The molecule has 1 aromatic heterocycles. The van der Waals surface area contributed by atoms with Crippen LogP contribution < -0.4 is 9.47 Å². The van der Waals surface area contributed by atoms with E-state index in [1.54, 1.807) is 18.3 Å². The lowest BCUT2D eigenvalue weighted by atomic mass is 10.0. The van der Waals surface area contributed by atoms with Gasteiger partial charge in [-0.25, -0.2) is 0 Å². The standard InChI is InChI=1S/C15H17ClN2O3/c1-18-11(4-5-17-18)2-3-13(19)10-8-12(16)15-14(9-10)20-6-7-21-15/h4-5,8-9,13,19H,2-3,6-7H2,1H3. The van der Waals surface area contributed by atoms with Crippen LogP contribution in [-0.2, 0) is 13.5 Å². The summed E-state index contributed by atoms with van der Waals surface area (Å²) in [7, 11) is 1.89. The molecule has 2 heterocycles. The Labute approximate surface area is 128 Å². The summed E-state index contributed by atoms with van der Waals surface area (Å²) < 4.78 is 12.8. The van der Waals surface area contributed by atoms with E-state index in [0.29, 0.717) is 36.2 Å². The fourth-order valence-corrected chi connectivity index (χ4v) is 2.69. The highest BCUT2D eigenvalue weighted by atomic mass is 35.5. The monoisotopic (exact) mass is 308 g/mol. The van der Waals surface area contributed by atoms with E-state index in [0.717, 1.165) is 17.7 Å². The smallest absolute Gasteiger partial charge is 0.179 e. The van der Waals surface area contributed by atoms with Crippen molar-refractivity contribution in [2.75, 3.05) is 13.2 Å². The van der Waals surface area contributed by atoms with Gasteiger partial charge in [-0.2, -0.15) is 5.10 Å². The molecule has 1 aliphatic heterocycles. The predicted octanol–water partition coefficient (Wildman–Crippen LogP) is 2.51. The van der Waals surface area contributed by atoms with Gasteiger partial charge < -0.3 is 14.6 Å². The Kier molecular flexibility index (Phi) is 4.03. The van der Waals surface area contributed by atoms with Crippen molar-refractivity contribution in [1.29, 1.82) is 0 Å². The van der Waals surface area contributed by atoms with Crippen molar-refractivity contribution in [3.05, 3.63) is 40.7 Å². The number of aromatic nitrogens is 2. The first-order valence-electron chi connectivity index (χ1n) is 6.89. The first-order valence-corrected chi connectivity index (χ1v) is 7.27. The fraction of sp³-hybridized carbons (Fsp3) is 0.400. The number of aliphatic hydroxyl groups is 1. The molecule has 1 aliphatic rings. The fourth-order valence-electron chi connectivity index (χ4n) is 2.42. The predicted molar refractivity (Wildman–Crippen MR) is 78.9 cm³/mol. The molecule has 1 N–H and O–H groups in total. The summed E-state index contributed by atoms with van der Waals surface area (Å²) in [5.41, 5.74) is 1.82. The van der Waals surface area contributed by atoms with Gasteiger partial charge in [0.15, 0.2) is 11.5 Å². The maximum absolute atomic E-state index is 10.4. The lowest BCUT2D eigenvalue weighted by molar-refractivity contribution is 0.159. The number of nitrogens with zero attached hydrogens (tertiary/aromatic N) is 2. The molecule has 3 rings (SSSR count). The Hall–Kier alpha value is -1.72. The Morgan fingerprint density at radius 3 is 2.95 bits per heavy atom. The second-order valence-corrected chi connectivity index (χ2v) is 5.43. The number of benzene rings is 1. The van der Waals surface area contributed by atoms with Crippen LogP contribution in [0.1, 0.15) is 23.8 Å². The summed E-state index contributed by atoms with van der Waals surface area (Å²) in [6, 6.07) is 5.49. The molecule has 1 atom stereocenters. The molecule has 0 radical (unpaired) electrons. The summed E-state index contributed by atoms with van der Waals surface area (Å²) in [5, 5.41) is 14.9. The van der Waals surface area contributed by atoms with Gasteiger partial charge in [0.25, 0.3) is 0 Å². The maximum Gasteiger partial charge on any atom is 0.179 e. The highest BCUT2D eigenvalue weighted by molar-refractivity contribution is 6.32. The topological polar surface area (TPSA) is 56.5 Å². The Morgan fingerprint density at radius 2 is 2.19 bits per heavy atom. The highest BCUT2D eigenvalue weighted by Crippen LogP contribution is 2.40. The normalized spacial score (nSPS) is 15.0. The van der Waals surface area contributed by atoms with Crippen molar-refractivity contribution in [3.63, 3.8) is 0 Å². The molecule has 2 aromatic rings. The van der Waals surface area contributed by atoms with E-state index in [-0.39, 0.29) is 0 Å². The Morgan fingerprint density at radius 1 is 1.38 bits per heavy atom. The molecule has 0 saturated carbocycles. The second kappa shape index (κ2) is 5.95. The average Bonchev–Trinajstić information content (AvgIpc) is 2.90. The van der Waals surface area contributed by atoms with Crippen molar-refractivity contribution in [1.82, 2.24) is 9.78 Å². The molecule has 0 aliphatic carbocycles. The summed E-state index contributed by atoms with van der Waals surface area (Å²) in [5.74, 6) is 1.16. The van der Waals surface area contributed by atoms with Gasteiger partial charge in [0.1, 0.15) is 13.2 Å². The molecule has 0 fully saturated rings. The molecule has 0 spiro atoms. The molecular weight excluding hydrogens is 292 g/mol. The van der Waals surface area contributed by atoms with Gasteiger partial charge in [-0.15, -0.1) is 0 Å². The molecule has 1 unspecified atom stereocenters. The average molecular weight is 309 g/mol. The largest absolute Gasteiger partial charge is 0.486 e. The highest BCUT2D eigenvalue weighted by Gasteiger charge is 2.19. The third kappa shape index (κ3) is 2.99. The number of hydrogen-bond donors (Lipinski definition) is 1. The zero-order valence-corrected chi connectivity index (χ0v) is 12.5. The van der Waals surface area contributed by atoms with E-state index in [1.807, 2.05) is 17.8 Å². The lowest BCUT2D eigenvalue weighted by Gasteiger charge is -2.21. The van der Waals surface area contributed by atoms with Crippen LogP contribution in [0.2, 0.25) is 5.02 Å². The van der Waals surface area contributed by atoms with Crippen LogP contribution in [0.15, 0.2) is 24.4 Å². The zero-order chi connectivity index (χ0) is 14.8. The number of hydrogen-bond acceptors (Lipinski definition) is 4. The van der Waals surface area contributed by atoms with Gasteiger partial charge in [0, 0.05) is 18.9 Å². The van der Waals surface area contributed by atoms with Crippen molar-refractivity contribution in [2.45, 2.75) is 18.9 Å². The molecule has 6 heteroatoms. The number of aliphatic hydroxyl groups excluding tert-OH is 1. The van der Waals surface area contributed by atoms with Crippen LogP contribution in [0.25, 0.3) is 0 Å². The first kappa shape index (κ1) is 14.2. The van der Waals surface area contributed by atoms with Crippen LogP contribution in [0.5, 0.6) is 11.5 Å². The second-order valence-electron chi connectivity index (χ2n) is 5.03. The summed E-state index contributed by atoms with van der Waals surface area (Å²) in [4.78, 5) is 0. The van der Waals surface area contributed by atoms with Gasteiger partial charge >= 0.3 is 0 Å². The van der Waals surface area contributed by atoms with Gasteiger partial charge in [0.2, 0.25) is 0 Å². The van der Waals surface area contributed by atoms with E-state index in [9.17, 15) is 5.11 Å². The molecule has 5 nitrogen and oxygen atoms in total. The van der Waals surface area contributed by atoms with E-state index in [1.165, 1.54) is 0 Å². The van der Waals surface area contributed by atoms with E-state index in [4.69, 9.17) is 21.1 Å². The molecule has 0 saturated heterocycles. The van der Waals surface area contributed by atoms with E-state index < -0.39 is 6.10 Å². The minimum atomic E-state index is -0.603. The van der Waals surface area contributed by atoms with Gasteiger partial charge in [-0.05, 0) is 36.6 Å². The van der Waals surface area contributed by atoms with Gasteiger partial charge in [-0.1, -0.05) is 11.6 Å². The SMILES string of the molecule is Cn1nccc1CCC(O)c1cc(Cl)c2c(c1)OCCO2. The summed E-state index contributed by atoms with van der Waals surface area (Å²) in [6.45, 7) is 0.993. The molecular formula is C15H17ClN2O3. The van der Waals surface area contributed by atoms with Crippen molar-refractivity contribution in [3.8, 4) is 11.5 Å². The minimum Gasteiger partial charge on any atom is -0.486 e. The lowest BCUT2D eigenvalue weighted by Crippen LogP contribution is -2.16. The first-order chi connectivity index (χ1) is 10.1. The van der Waals surface area contributed by atoms with Crippen molar-refractivity contribution < 1.29 is 14.6 Å². The molecule has 0 amide bonds. The summed E-state index contributed by atoms with van der Waals surface area (Å²) >= 11 is 6.19. The third-order valence-corrected chi connectivity index (χ3v) is 3.88. The van der Waals surface area contributed by atoms with Crippen LogP contribution in [0.4, 0.5) is 0 Å². The van der Waals surface area contributed by atoms with Crippen LogP contribution in [0, 0.1) is 0 Å². The Balaban J connectivity index is 1.74. The molecule has 112 valence electrons. The molecule has 21 heavy (non-hydrogen) atoms. The van der Waals surface area contributed by atoms with Crippen molar-refractivity contribution >= 4 is 11.6 Å². The van der Waals surface area contributed by atoms with E-state index >= 15 is 0 Å². The quantitative estimate of drug-likeness (QED) is 0.943. The zero-order valence-electron chi connectivity index (χ0n) is 11.8. The van der Waals surface area contributed by atoms with Crippen LogP contribution >= 0.6 is 11.6 Å². The number of ether oxygens (including phenoxy) is 2. The number of halogens is 1. The summed E-state index contributed by atoms with van der Waals surface area (Å²) in [6.07, 6.45) is 2.48. The van der Waals surface area contributed by atoms with Crippen molar-refractivity contribution in [2.24, 2.45) is 7.05 Å². The number of aryl methyl sites for hydroxylation is 2.